The van der Waals surface area contributed by atoms with E-state index in [2.05, 4.69) is 43.1 Å². The van der Waals surface area contributed by atoms with Gasteiger partial charge in [-0.05, 0) is 67.6 Å². The Morgan fingerprint density at radius 3 is 2.50 bits per heavy atom. The zero-order chi connectivity index (χ0) is 17.4. The average Bonchev–Trinajstić information content (AvgIpc) is 2.61. The Labute approximate surface area is 150 Å². The van der Waals surface area contributed by atoms with Gasteiger partial charge in [0.25, 0.3) is 0 Å². The number of unbranched alkanes of at least 4 members (excludes halogenated alkanes) is 1. The molecule has 0 radical (unpaired) electrons. The fourth-order valence-electron chi connectivity index (χ4n) is 2.27. The van der Waals surface area contributed by atoms with Crippen molar-refractivity contribution in [3.05, 3.63) is 58.6 Å². The quantitative estimate of drug-likeness (QED) is 0.494. The van der Waals surface area contributed by atoms with Crippen molar-refractivity contribution < 1.29 is 4.74 Å². The highest BCUT2D eigenvalue weighted by Crippen LogP contribution is 2.26. The zero-order valence-electron chi connectivity index (χ0n) is 14.8. The van der Waals surface area contributed by atoms with Crippen molar-refractivity contribution in [1.82, 2.24) is 0 Å². The molecule has 0 heterocycles. The molecule has 0 aliphatic carbocycles. The molecule has 0 unspecified atom stereocenters. The smallest absolute Gasteiger partial charge is 0.138 e. The minimum Gasteiger partial charge on any atom is -0.489 e. The molecule has 0 N–H and O–H groups in total. The number of nitrogens with zero attached hydrogens (tertiary/aromatic N) is 1. The number of hydrogen-bond donors (Lipinski definition) is 0. The SMILES string of the molecule is CCCCc1ccc(N=Cc2ccc(O[C@H](C)CC)c(Cl)c2)cc1. The normalized spacial score (nSPS) is 12.5. The largest absolute Gasteiger partial charge is 0.489 e. The lowest BCUT2D eigenvalue weighted by Gasteiger charge is -2.13. The monoisotopic (exact) mass is 343 g/mol. The molecule has 3 heteroatoms. The third-order valence-electron chi connectivity index (χ3n) is 3.98. The highest BCUT2D eigenvalue weighted by Gasteiger charge is 2.06. The summed E-state index contributed by atoms with van der Waals surface area (Å²) >= 11 is 6.29. The summed E-state index contributed by atoms with van der Waals surface area (Å²) in [6.45, 7) is 6.34. The summed E-state index contributed by atoms with van der Waals surface area (Å²) in [7, 11) is 0. The van der Waals surface area contributed by atoms with Gasteiger partial charge in [0.1, 0.15) is 5.75 Å². The van der Waals surface area contributed by atoms with E-state index in [1.165, 1.54) is 18.4 Å². The predicted octanol–water partition coefficient (Wildman–Crippen LogP) is 6.61. The second-order valence-electron chi connectivity index (χ2n) is 6.05. The predicted molar refractivity (Wildman–Crippen MR) is 104 cm³/mol. The van der Waals surface area contributed by atoms with Gasteiger partial charge in [0, 0.05) is 6.21 Å². The number of benzene rings is 2. The van der Waals surface area contributed by atoms with Gasteiger partial charge in [-0.2, -0.15) is 0 Å². The van der Waals surface area contributed by atoms with Crippen molar-refractivity contribution in [2.45, 2.75) is 52.6 Å². The molecule has 0 bridgehead atoms. The third-order valence-corrected chi connectivity index (χ3v) is 4.27. The second-order valence-corrected chi connectivity index (χ2v) is 6.46. The Balaban J connectivity index is 2.02. The lowest BCUT2D eigenvalue weighted by Crippen LogP contribution is -2.09. The molecule has 0 aliphatic heterocycles. The highest BCUT2D eigenvalue weighted by atomic mass is 35.5. The summed E-state index contributed by atoms with van der Waals surface area (Å²) in [6, 6.07) is 14.2. The maximum Gasteiger partial charge on any atom is 0.138 e. The molecule has 0 spiro atoms. The van der Waals surface area contributed by atoms with Crippen LogP contribution in [0.2, 0.25) is 5.02 Å². The fourth-order valence-corrected chi connectivity index (χ4v) is 2.51. The van der Waals surface area contributed by atoms with Crippen molar-refractivity contribution in [1.29, 1.82) is 0 Å². The van der Waals surface area contributed by atoms with Gasteiger partial charge >= 0.3 is 0 Å². The molecule has 2 aromatic rings. The number of hydrogen-bond acceptors (Lipinski definition) is 2. The fraction of sp³-hybridized carbons (Fsp3) is 0.381. The van der Waals surface area contributed by atoms with Crippen LogP contribution < -0.4 is 4.74 Å². The van der Waals surface area contributed by atoms with Gasteiger partial charge < -0.3 is 4.74 Å². The van der Waals surface area contributed by atoms with Gasteiger partial charge in [0.2, 0.25) is 0 Å². The van der Waals surface area contributed by atoms with Crippen LogP contribution in [0.4, 0.5) is 5.69 Å². The maximum absolute atomic E-state index is 6.29. The van der Waals surface area contributed by atoms with E-state index in [9.17, 15) is 0 Å². The van der Waals surface area contributed by atoms with Crippen LogP contribution in [0, 0.1) is 0 Å². The van der Waals surface area contributed by atoms with Gasteiger partial charge in [-0.25, -0.2) is 0 Å². The van der Waals surface area contributed by atoms with Crippen LogP contribution in [0.1, 0.15) is 51.2 Å². The van der Waals surface area contributed by atoms with Gasteiger partial charge in [0.05, 0.1) is 16.8 Å². The summed E-state index contributed by atoms with van der Waals surface area (Å²) in [5, 5.41) is 0.620. The van der Waals surface area contributed by atoms with Crippen molar-refractivity contribution >= 4 is 23.5 Å². The molecule has 0 aromatic heterocycles. The lowest BCUT2D eigenvalue weighted by atomic mass is 10.1. The van der Waals surface area contributed by atoms with Gasteiger partial charge in [-0.3, -0.25) is 4.99 Å². The molecule has 1 atom stereocenters. The van der Waals surface area contributed by atoms with E-state index >= 15 is 0 Å². The Morgan fingerprint density at radius 1 is 1.12 bits per heavy atom. The molecular formula is C21H26ClNO. The van der Waals surface area contributed by atoms with Crippen LogP contribution in [0.5, 0.6) is 5.75 Å². The Morgan fingerprint density at radius 2 is 1.88 bits per heavy atom. The van der Waals surface area contributed by atoms with Crippen LogP contribution in [0.25, 0.3) is 0 Å². The standard InChI is InChI=1S/C21H26ClNO/c1-4-6-7-17-8-11-19(12-9-17)23-15-18-10-13-21(20(22)14-18)24-16(3)5-2/h8-16H,4-7H2,1-3H3/t16-/m1/s1. The van der Waals surface area contributed by atoms with E-state index < -0.39 is 0 Å². The number of rotatable bonds is 8. The summed E-state index contributed by atoms with van der Waals surface area (Å²) in [4.78, 5) is 4.52. The third kappa shape index (κ3) is 5.68. The Bertz CT molecular complexity index is 664. The Kier molecular flexibility index (Phi) is 7.33. The highest BCUT2D eigenvalue weighted by molar-refractivity contribution is 6.32. The summed E-state index contributed by atoms with van der Waals surface area (Å²) < 4.78 is 5.78. The number of aryl methyl sites for hydroxylation is 1. The van der Waals surface area contributed by atoms with Crippen LogP contribution in [-0.2, 0) is 6.42 Å². The van der Waals surface area contributed by atoms with Crippen LogP contribution in [0.15, 0.2) is 47.5 Å². The molecular weight excluding hydrogens is 318 g/mol. The van der Waals surface area contributed by atoms with Crippen LogP contribution in [-0.4, -0.2) is 12.3 Å². The van der Waals surface area contributed by atoms with E-state index in [0.29, 0.717) is 5.02 Å². The molecule has 2 nitrogen and oxygen atoms in total. The van der Waals surface area contributed by atoms with E-state index in [1.807, 2.05) is 31.3 Å². The molecule has 0 saturated heterocycles. The minimum atomic E-state index is 0.160. The first kappa shape index (κ1) is 18.5. The molecule has 128 valence electrons. The topological polar surface area (TPSA) is 21.6 Å². The maximum atomic E-state index is 6.29. The van der Waals surface area contributed by atoms with E-state index in [4.69, 9.17) is 16.3 Å². The van der Waals surface area contributed by atoms with E-state index in [-0.39, 0.29) is 6.10 Å². The van der Waals surface area contributed by atoms with Crippen molar-refractivity contribution in [3.8, 4) is 5.75 Å². The van der Waals surface area contributed by atoms with E-state index in [0.717, 1.165) is 29.8 Å². The average molecular weight is 344 g/mol. The molecule has 0 saturated carbocycles. The number of halogens is 1. The van der Waals surface area contributed by atoms with Gasteiger partial charge in [0.15, 0.2) is 0 Å². The molecule has 0 fully saturated rings. The van der Waals surface area contributed by atoms with Crippen LogP contribution >= 0.6 is 11.6 Å². The zero-order valence-corrected chi connectivity index (χ0v) is 15.5. The second kappa shape index (κ2) is 9.48. The van der Waals surface area contributed by atoms with Crippen molar-refractivity contribution in [2.75, 3.05) is 0 Å². The van der Waals surface area contributed by atoms with Crippen molar-refractivity contribution in [3.63, 3.8) is 0 Å². The summed E-state index contributed by atoms with van der Waals surface area (Å²) in [5.74, 6) is 0.725. The van der Waals surface area contributed by atoms with Crippen LogP contribution in [0.3, 0.4) is 0 Å². The number of aliphatic imine (C=N–C) groups is 1. The summed E-state index contributed by atoms with van der Waals surface area (Å²) in [5.41, 5.74) is 3.28. The van der Waals surface area contributed by atoms with E-state index in [1.54, 1.807) is 0 Å². The van der Waals surface area contributed by atoms with Crippen molar-refractivity contribution in [2.24, 2.45) is 4.99 Å². The lowest BCUT2D eigenvalue weighted by molar-refractivity contribution is 0.217. The molecule has 2 rings (SSSR count). The van der Waals surface area contributed by atoms with Gasteiger partial charge in [-0.1, -0.05) is 44.0 Å². The molecule has 24 heavy (non-hydrogen) atoms. The first-order chi connectivity index (χ1) is 11.6. The number of ether oxygens (including phenoxy) is 1. The molecule has 2 aromatic carbocycles. The first-order valence-corrected chi connectivity index (χ1v) is 9.09. The Hall–Kier alpha value is -1.80. The first-order valence-electron chi connectivity index (χ1n) is 8.71. The summed E-state index contributed by atoms with van der Waals surface area (Å²) in [6.07, 6.45) is 6.53. The minimum absolute atomic E-state index is 0.160. The van der Waals surface area contributed by atoms with Gasteiger partial charge in [-0.15, -0.1) is 0 Å². The molecule has 0 aliphatic rings. The molecule has 0 amide bonds.